The average Bonchev–Trinajstić information content (AvgIpc) is 3.09. The van der Waals surface area contributed by atoms with Gasteiger partial charge in [-0.25, -0.2) is 0 Å². The Bertz CT molecular complexity index is 614. The number of nitrogens with zero attached hydrogens (tertiary/aromatic N) is 3. The fourth-order valence-electron chi connectivity index (χ4n) is 3.79. The molecule has 2 saturated heterocycles. The maximum absolute atomic E-state index is 6.31. The molecule has 2 fully saturated rings. The van der Waals surface area contributed by atoms with Gasteiger partial charge < -0.3 is 9.64 Å². The molecule has 5 heteroatoms. The summed E-state index contributed by atoms with van der Waals surface area (Å²) in [7, 11) is 0. The van der Waals surface area contributed by atoms with Crippen LogP contribution < -0.4 is 4.90 Å². The minimum Gasteiger partial charge on any atom is -0.370 e. The molecule has 4 heterocycles. The summed E-state index contributed by atoms with van der Waals surface area (Å²) < 4.78 is 6.31. The molecule has 122 valence electrons. The van der Waals surface area contributed by atoms with Crippen molar-refractivity contribution in [3.05, 3.63) is 46.9 Å². The first kappa shape index (κ1) is 15.1. The molecule has 2 aliphatic heterocycles. The smallest absolute Gasteiger partial charge is 0.0983 e. The van der Waals surface area contributed by atoms with E-state index in [9.17, 15) is 0 Å². The summed E-state index contributed by atoms with van der Waals surface area (Å²) in [6.07, 6.45) is 6.14. The Morgan fingerprint density at radius 1 is 1.22 bits per heavy atom. The van der Waals surface area contributed by atoms with E-state index in [-0.39, 0.29) is 5.60 Å². The van der Waals surface area contributed by atoms with Crippen molar-refractivity contribution in [2.24, 2.45) is 0 Å². The average molecular weight is 329 g/mol. The number of aromatic nitrogens is 1. The van der Waals surface area contributed by atoms with Crippen LogP contribution in [0.1, 0.15) is 17.7 Å². The molecule has 2 aromatic heterocycles. The molecule has 1 spiro atoms. The Kier molecular flexibility index (Phi) is 4.33. The Balaban J connectivity index is 1.46. The lowest BCUT2D eigenvalue weighted by Gasteiger charge is -2.48. The molecule has 0 amide bonds. The number of rotatable bonds is 3. The molecule has 4 nitrogen and oxygen atoms in total. The second-order valence-electron chi connectivity index (χ2n) is 6.56. The van der Waals surface area contributed by atoms with Gasteiger partial charge in [-0.1, -0.05) is 6.07 Å². The van der Waals surface area contributed by atoms with Crippen molar-refractivity contribution in [2.45, 2.75) is 25.0 Å². The Labute approximate surface area is 141 Å². The Morgan fingerprint density at radius 2 is 2.22 bits per heavy atom. The molecule has 0 bridgehead atoms. The van der Waals surface area contributed by atoms with Gasteiger partial charge >= 0.3 is 0 Å². The molecule has 0 aliphatic carbocycles. The zero-order valence-corrected chi connectivity index (χ0v) is 14.2. The van der Waals surface area contributed by atoms with Crippen molar-refractivity contribution in [2.75, 3.05) is 37.7 Å². The van der Waals surface area contributed by atoms with Crippen LogP contribution >= 0.6 is 11.3 Å². The summed E-state index contributed by atoms with van der Waals surface area (Å²) in [5, 5.41) is 2.16. The third kappa shape index (κ3) is 3.42. The quantitative estimate of drug-likeness (QED) is 0.865. The molecule has 0 N–H and O–H groups in total. The van der Waals surface area contributed by atoms with Gasteiger partial charge in [-0.3, -0.25) is 9.88 Å². The van der Waals surface area contributed by atoms with E-state index in [1.165, 1.54) is 17.0 Å². The van der Waals surface area contributed by atoms with Crippen LogP contribution in [0.25, 0.3) is 0 Å². The van der Waals surface area contributed by atoms with Crippen LogP contribution in [0.4, 0.5) is 5.69 Å². The summed E-state index contributed by atoms with van der Waals surface area (Å²) in [4.78, 5) is 10.7. The highest BCUT2D eigenvalue weighted by Crippen LogP contribution is 2.32. The zero-order chi connectivity index (χ0) is 15.5. The molecule has 2 aliphatic rings. The highest BCUT2D eigenvalue weighted by molar-refractivity contribution is 7.09. The summed E-state index contributed by atoms with van der Waals surface area (Å²) in [6, 6.07) is 8.54. The molecule has 23 heavy (non-hydrogen) atoms. The van der Waals surface area contributed by atoms with Crippen molar-refractivity contribution in [3.8, 4) is 0 Å². The van der Waals surface area contributed by atoms with E-state index in [0.717, 1.165) is 45.8 Å². The van der Waals surface area contributed by atoms with Crippen LogP contribution in [-0.2, 0) is 11.3 Å². The monoisotopic (exact) mass is 329 g/mol. The maximum Gasteiger partial charge on any atom is 0.0983 e. The molecule has 0 radical (unpaired) electrons. The molecule has 4 rings (SSSR count). The van der Waals surface area contributed by atoms with Crippen molar-refractivity contribution in [1.82, 2.24) is 9.88 Å². The zero-order valence-electron chi connectivity index (χ0n) is 13.4. The van der Waals surface area contributed by atoms with Crippen LogP contribution in [0.2, 0.25) is 0 Å². The number of hydrogen-bond donors (Lipinski definition) is 0. The largest absolute Gasteiger partial charge is 0.370 e. The lowest BCUT2D eigenvalue weighted by Crippen LogP contribution is -2.59. The fraction of sp³-hybridized carbons (Fsp3) is 0.500. The Hall–Kier alpha value is -1.43. The molecule has 1 atom stereocenters. The molecular formula is C18H23N3OS. The number of morpholine rings is 1. The topological polar surface area (TPSA) is 28.6 Å². The number of piperidine rings is 1. The second-order valence-corrected chi connectivity index (χ2v) is 7.59. The predicted octanol–water partition coefficient (Wildman–Crippen LogP) is 3.01. The van der Waals surface area contributed by atoms with Crippen molar-refractivity contribution >= 4 is 17.0 Å². The third-order valence-corrected chi connectivity index (χ3v) is 5.70. The van der Waals surface area contributed by atoms with Gasteiger partial charge in [0.2, 0.25) is 0 Å². The molecule has 0 aromatic carbocycles. The summed E-state index contributed by atoms with van der Waals surface area (Å²) in [6.45, 7) is 6.03. The summed E-state index contributed by atoms with van der Waals surface area (Å²) in [5.74, 6) is 0. The first-order valence-corrected chi connectivity index (χ1v) is 9.25. The molecular weight excluding hydrogens is 306 g/mol. The van der Waals surface area contributed by atoms with E-state index in [0.29, 0.717) is 0 Å². The number of ether oxygens (including phenoxy) is 1. The van der Waals surface area contributed by atoms with Gasteiger partial charge in [0.25, 0.3) is 0 Å². The van der Waals surface area contributed by atoms with E-state index in [4.69, 9.17) is 4.74 Å². The van der Waals surface area contributed by atoms with E-state index < -0.39 is 0 Å². The minimum atomic E-state index is -0.0242. The summed E-state index contributed by atoms with van der Waals surface area (Å²) >= 11 is 1.85. The van der Waals surface area contributed by atoms with Crippen LogP contribution in [0, 0.1) is 0 Å². The van der Waals surface area contributed by atoms with Crippen molar-refractivity contribution in [1.29, 1.82) is 0 Å². The number of hydrogen-bond acceptors (Lipinski definition) is 5. The van der Waals surface area contributed by atoms with E-state index >= 15 is 0 Å². The molecule has 2 aromatic rings. The van der Waals surface area contributed by atoms with Gasteiger partial charge in [-0.2, -0.15) is 0 Å². The standard InChI is InChI=1S/C18H23N3OS/c1-4-16(12-19-7-1)21-8-3-6-18(15-21)14-20(9-10-22-18)13-17-5-2-11-23-17/h1-2,4-5,7,11-12H,3,6,8-10,13-15H2/t18-/m0/s1. The fourth-order valence-corrected chi connectivity index (χ4v) is 4.53. The van der Waals surface area contributed by atoms with Gasteiger partial charge in [0.15, 0.2) is 0 Å². The minimum absolute atomic E-state index is 0.0242. The molecule has 0 unspecified atom stereocenters. The highest BCUT2D eigenvalue weighted by atomic mass is 32.1. The number of thiophene rings is 1. The SMILES string of the molecule is c1cncc(N2CCC[C@]3(CN(Cc4cccs4)CCO3)C2)c1. The van der Waals surface area contributed by atoms with Crippen LogP contribution in [0.3, 0.4) is 0 Å². The van der Waals surface area contributed by atoms with E-state index in [1.54, 1.807) is 0 Å². The van der Waals surface area contributed by atoms with Gasteiger partial charge in [-0.15, -0.1) is 11.3 Å². The number of pyridine rings is 1. The summed E-state index contributed by atoms with van der Waals surface area (Å²) in [5.41, 5.74) is 1.19. The number of anilines is 1. The Morgan fingerprint density at radius 3 is 3.04 bits per heavy atom. The first-order chi connectivity index (χ1) is 11.3. The van der Waals surface area contributed by atoms with Gasteiger partial charge in [0.1, 0.15) is 0 Å². The molecule has 0 saturated carbocycles. The lowest BCUT2D eigenvalue weighted by atomic mass is 9.90. The second kappa shape index (κ2) is 6.59. The van der Waals surface area contributed by atoms with Crippen LogP contribution in [0.5, 0.6) is 0 Å². The normalized spacial score (nSPS) is 25.8. The van der Waals surface area contributed by atoms with E-state index in [2.05, 4.69) is 38.4 Å². The van der Waals surface area contributed by atoms with Gasteiger partial charge in [0, 0.05) is 43.8 Å². The van der Waals surface area contributed by atoms with Gasteiger partial charge in [0.05, 0.1) is 24.1 Å². The van der Waals surface area contributed by atoms with Gasteiger partial charge in [-0.05, 0) is 36.4 Å². The van der Waals surface area contributed by atoms with Crippen molar-refractivity contribution < 1.29 is 4.74 Å². The van der Waals surface area contributed by atoms with Crippen LogP contribution in [0.15, 0.2) is 42.0 Å². The van der Waals surface area contributed by atoms with E-state index in [1.807, 2.05) is 29.8 Å². The van der Waals surface area contributed by atoms with Crippen molar-refractivity contribution in [3.63, 3.8) is 0 Å². The third-order valence-electron chi connectivity index (χ3n) is 4.84. The first-order valence-electron chi connectivity index (χ1n) is 8.37. The lowest BCUT2D eigenvalue weighted by molar-refractivity contribution is -0.116. The van der Waals surface area contributed by atoms with Crippen LogP contribution in [-0.4, -0.2) is 48.3 Å². The predicted molar refractivity (Wildman–Crippen MR) is 94.0 cm³/mol. The maximum atomic E-state index is 6.31. The highest BCUT2D eigenvalue weighted by Gasteiger charge is 2.40.